The second kappa shape index (κ2) is 11.8. The predicted octanol–water partition coefficient (Wildman–Crippen LogP) is 4.39. The predicted molar refractivity (Wildman–Crippen MR) is 150 cm³/mol. The molecule has 1 saturated carbocycles. The lowest BCUT2D eigenvalue weighted by atomic mass is 10.0. The molecule has 1 aromatic heterocycles. The maximum absolute atomic E-state index is 12.7. The summed E-state index contributed by atoms with van der Waals surface area (Å²) >= 11 is 0. The highest BCUT2D eigenvalue weighted by Crippen LogP contribution is 2.40. The van der Waals surface area contributed by atoms with E-state index in [0.717, 1.165) is 5.69 Å². The van der Waals surface area contributed by atoms with Crippen LogP contribution < -0.4 is 10.1 Å². The molecule has 0 spiro atoms. The van der Waals surface area contributed by atoms with E-state index in [4.69, 9.17) is 14.5 Å². The summed E-state index contributed by atoms with van der Waals surface area (Å²) in [5.41, 5.74) is 2.03. The van der Waals surface area contributed by atoms with Gasteiger partial charge in [0, 0.05) is 45.5 Å². The summed E-state index contributed by atoms with van der Waals surface area (Å²) in [6.07, 6.45) is 3.38. The topological polar surface area (TPSA) is 121 Å². The highest BCUT2D eigenvalue weighted by atomic mass is 16.6. The van der Waals surface area contributed by atoms with Gasteiger partial charge in [0.25, 0.3) is 5.91 Å². The molecule has 4 rings (SSSR count). The fourth-order valence-corrected chi connectivity index (χ4v) is 4.96. The fraction of sp³-hybridized carbons (Fsp3) is 0.533. The maximum Gasteiger partial charge on any atom is 0.410 e. The Morgan fingerprint density at radius 2 is 1.88 bits per heavy atom. The molecule has 216 valence electrons. The van der Waals surface area contributed by atoms with Gasteiger partial charge in [-0.25, -0.2) is 9.59 Å². The number of carboxylic acid groups (broad SMARTS) is 1. The van der Waals surface area contributed by atoms with Crippen LogP contribution in [0.3, 0.4) is 0 Å². The van der Waals surface area contributed by atoms with Crippen molar-refractivity contribution in [3.8, 4) is 5.75 Å². The molecule has 2 amide bonds. The van der Waals surface area contributed by atoms with E-state index in [1.165, 1.54) is 31.5 Å². The highest BCUT2D eigenvalue weighted by molar-refractivity contribution is 6.00. The van der Waals surface area contributed by atoms with Crippen LogP contribution in [0.25, 0.3) is 0 Å². The third-order valence-electron chi connectivity index (χ3n) is 7.25. The largest absolute Gasteiger partial charge is 0.482 e. The van der Waals surface area contributed by atoms with Gasteiger partial charge in [-0.3, -0.25) is 14.7 Å². The van der Waals surface area contributed by atoms with E-state index in [1.54, 1.807) is 17.9 Å². The first kappa shape index (κ1) is 29.3. The Labute approximate surface area is 235 Å². The zero-order valence-electron chi connectivity index (χ0n) is 24.2. The van der Waals surface area contributed by atoms with E-state index in [9.17, 15) is 19.5 Å². The van der Waals surface area contributed by atoms with Crippen molar-refractivity contribution >= 4 is 18.0 Å². The fourth-order valence-electron chi connectivity index (χ4n) is 4.96. The van der Waals surface area contributed by atoms with Crippen molar-refractivity contribution in [3.63, 3.8) is 0 Å². The number of ether oxygens (including phenoxy) is 2. The summed E-state index contributed by atoms with van der Waals surface area (Å²) in [5, 5.41) is 12.2. The van der Waals surface area contributed by atoms with Crippen LogP contribution in [0.15, 0.2) is 30.5 Å². The van der Waals surface area contributed by atoms with Crippen molar-refractivity contribution < 1.29 is 29.0 Å². The van der Waals surface area contributed by atoms with Crippen molar-refractivity contribution in [1.82, 2.24) is 20.1 Å². The van der Waals surface area contributed by atoms with Crippen molar-refractivity contribution in [2.24, 2.45) is 0 Å². The number of hydrogen-bond donors (Lipinski definition) is 2. The molecule has 0 radical (unpaired) electrons. The molecule has 1 aliphatic carbocycles. The van der Waals surface area contributed by atoms with Gasteiger partial charge in [-0.1, -0.05) is 6.07 Å². The Morgan fingerprint density at radius 1 is 1.15 bits per heavy atom. The smallest absolute Gasteiger partial charge is 0.410 e. The lowest BCUT2D eigenvalue weighted by Crippen LogP contribution is -2.55. The average Bonchev–Trinajstić information content (AvgIpc) is 3.72. The van der Waals surface area contributed by atoms with Crippen LogP contribution in [-0.2, 0) is 4.74 Å². The molecule has 1 aliphatic heterocycles. The number of pyridine rings is 1. The average molecular weight is 553 g/mol. The number of amides is 2. The van der Waals surface area contributed by atoms with E-state index in [0.29, 0.717) is 43.4 Å². The van der Waals surface area contributed by atoms with Crippen molar-refractivity contribution in [3.05, 3.63) is 58.4 Å². The summed E-state index contributed by atoms with van der Waals surface area (Å²) in [6.45, 7) is 11.4. The molecule has 1 saturated heterocycles. The lowest BCUT2D eigenvalue weighted by Gasteiger charge is -2.41. The number of nitrogens with one attached hydrogen (secondary N) is 1. The van der Waals surface area contributed by atoms with Gasteiger partial charge in [0.15, 0.2) is 6.10 Å². The second-order valence-electron chi connectivity index (χ2n) is 11.7. The molecule has 10 heteroatoms. The molecule has 0 bridgehead atoms. The van der Waals surface area contributed by atoms with E-state index in [-0.39, 0.29) is 23.3 Å². The molecule has 40 heavy (non-hydrogen) atoms. The first-order chi connectivity index (χ1) is 18.9. The van der Waals surface area contributed by atoms with Gasteiger partial charge in [0.1, 0.15) is 11.4 Å². The number of carboxylic acids is 1. The Balaban J connectivity index is 1.59. The third kappa shape index (κ3) is 7.10. The van der Waals surface area contributed by atoms with Gasteiger partial charge in [-0.2, -0.15) is 0 Å². The first-order valence-electron chi connectivity index (χ1n) is 13.8. The number of aryl methyl sites for hydroxylation is 1. The molecule has 2 aliphatic rings. The molecule has 2 N–H and O–H groups in total. The zero-order valence-corrected chi connectivity index (χ0v) is 24.2. The van der Waals surface area contributed by atoms with Gasteiger partial charge < -0.3 is 24.8 Å². The quantitative estimate of drug-likeness (QED) is 0.495. The number of carbonyl (C=O) groups excluding carboxylic acids is 2. The van der Waals surface area contributed by atoms with Crippen LogP contribution in [0.2, 0.25) is 0 Å². The number of benzene rings is 1. The maximum atomic E-state index is 12.7. The van der Waals surface area contributed by atoms with Crippen LogP contribution in [0.1, 0.15) is 90.1 Å². The van der Waals surface area contributed by atoms with Crippen molar-refractivity contribution in [2.45, 2.75) is 71.1 Å². The van der Waals surface area contributed by atoms with Crippen molar-refractivity contribution in [2.75, 3.05) is 33.2 Å². The normalized spacial score (nSPS) is 18.6. The van der Waals surface area contributed by atoms with Crippen LogP contribution in [-0.4, -0.2) is 82.7 Å². The summed E-state index contributed by atoms with van der Waals surface area (Å²) in [6, 6.07) is 6.93. The van der Waals surface area contributed by atoms with Gasteiger partial charge >= 0.3 is 12.1 Å². The lowest BCUT2D eigenvalue weighted by molar-refractivity contribution is -0.00317. The molecular weight excluding hydrogens is 512 g/mol. The number of hydrogen-bond acceptors (Lipinski definition) is 7. The Kier molecular flexibility index (Phi) is 8.68. The monoisotopic (exact) mass is 552 g/mol. The third-order valence-corrected chi connectivity index (χ3v) is 7.25. The van der Waals surface area contributed by atoms with E-state index >= 15 is 0 Å². The molecule has 1 unspecified atom stereocenters. The van der Waals surface area contributed by atoms with E-state index < -0.39 is 23.6 Å². The molecule has 1 aromatic carbocycles. The van der Waals surface area contributed by atoms with Crippen molar-refractivity contribution in [1.29, 1.82) is 0 Å². The number of aromatic nitrogens is 1. The van der Waals surface area contributed by atoms with Gasteiger partial charge in [0.05, 0.1) is 16.8 Å². The van der Waals surface area contributed by atoms with Crippen LogP contribution in [0.5, 0.6) is 5.75 Å². The standard InChI is InChI=1S/C30H40N4O6/c1-18-13-25(23(27(35)31-6)14-22(18)28(36)37)39-26(24-10-9-21(15-32-24)20-7-8-20)17-33-11-12-34(19(2)16-33)29(38)40-30(3,4)5/h9-10,13-15,19-20,26H,7-8,11-12,16-17H2,1-6H3,(H,31,35)(H,36,37)/t19-,26?/m1/s1. The number of aromatic carboxylic acids is 1. The Morgan fingerprint density at radius 3 is 2.42 bits per heavy atom. The van der Waals surface area contributed by atoms with E-state index in [2.05, 4.69) is 16.3 Å². The second-order valence-corrected chi connectivity index (χ2v) is 11.7. The van der Waals surface area contributed by atoms with Crippen LogP contribution in [0.4, 0.5) is 4.79 Å². The Bertz CT molecular complexity index is 1250. The SMILES string of the molecule is CNC(=O)c1cc(C(=O)O)c(C)cc1OC(CN1CCN(C(=O)OC(C)(C)C)[C@H](C)C1)c1ccc(C2CC2)cn1. The first-order valence-corrected chi connectivity index (χ1v) is 13.8. The summed E-state index contributed by atoms with van der Waals surface area (Å²) in [5.74, 6) is -0.693. The minimum atomic E-state index is -1.11. The number of piperazine rings is 1. The zero-order chi connectivity index (χ0) is 29.2. The minimum Gasteiger partial charge on any atom is -0.482 e. The minimum absolute atomic E-state index is 0.0431. The molecule has 2 aromatic rings. The molecule has 2 atom stereocenters. The molecule has 2 heterocycles. The number of carbonyl (C=O) groups is 3. The summed E-state index contributed by atoms with van der Waals surface area (Å²) in [4.78, 5) is 45.9. The molecule has 10 nitrogen and oxygen atoms in total. The van der Waals surface area contributed by atoms with Gasteiger partial charge in [0.2, 0.25) is 0 Å². The van der Waals surface area contributed by atoms with Gasteiger partial charge in [-0.15, -0.1) is 0 Å². The van der Waals surface area contributed by atoms with Crippen LogP contribution in [0, 0.1) is 6.92 Å². The Hall–Kier alpha value is -3.66. The molecular formula is C30H40N4O6. The number of nitrogens with zero attached hydrogens (tertiary/aromatic N) is 3. The highest BCUT2D eigenvalue weighted by Gasteiger charge is 2.33. The summed E-state index contributed by atoms with van der Waals surface area (Å²) < 4.78 is 12.1. The molecule has 2 fully saturated rings. The number of rotatable bonds is 8. The van der Waals surface area contributed by atoms with Crippen LogP contribution >= 0.6 is 0 Å². The summed E-state index contributed by atoms with van der Waals surface area (Å²) in [7, 11) is 1.49. The van der Waals surface area contributed by atoms with E-state index in [1.807, 2.05) is 40.0 Å². The van der Waals surface area contributed by atoms with Gasteiger partial charge in [-0.05, 0) is 82.7 Å².